The Bertz CT molecular complexity index is 974. The summed E-state index contributed by atoms with van der Waals surface area (Å²) < 4.78 is 22.6. The molecule has 1 fully saturated rings. The van der Waals surface area contributed by atoms with Gasteiger partial charge in [0.15, 0.2) is 23.0 Å². The highest BCUT2D eigenvalue weighted by atomic mass is 16.5. The predicted molar refractivity (Wildman–Crippen MR) is 147 cm³/mol. The van der Waals surface area contributed by atoms with E-state index in [1.807, 2.05) is 64.1 Å². The fourth-order valence-electron chi connectivity index (χ4n) is 4.77. The molecule has 8 heteroatoms. The Balaban J connectivity index is 1.59. The fraction of sp³-hybridized carbons (Fsp3) is 0.533. The van der Waals surface area contributed by atoms with Gasteiger partial charge in [0.1, 0.15) is 0 Å². The average molecular weight is 527 g/mol. The lowest BCUT2D eigenvalue weighted by Gasteiger charge is -2.33. The molecule has 0 bridgehead atoms. The molecule has 1 aliphatic rings. The van der Waals surface area contributed by atoms with Crippen molar-refractivity contribution < 1.29 is 28.5 Å². The molecule has 2 aromatic rings. The van der Waals surface area contributed by atoms with Crippen LogP contribution >= 0.6 is 0 Å². The lowest BCUT2D eigenvalue weighted by Crippen LogP contribution is -2.53. The van der Waals surface area contributed by atoms with Crippen LogP contribution in [-0.4, -0.2) is 50.3 Å². The summed E-state index contributed by atoms with van der Waals surface area (Å²) in [6, 6.07) is 11.0. The van der Waals surface area contributed by atoms with E-state index in [-0.39, 0.29) is 36.7 Å². The summed E-state index contributed by atoms with van der Waals surface area (Å²) in [6.45, 7) is 9.80. The number of ether oxygens (including phenoxy) is 4. The summed E-state index contributed by atoms with van der Waals surface area (Å²) in [4.78, 5) is 25.9. The second-order valence-electron chi connectivity index (χ2n) is 9.28. The highest BCUT2D eigenvalue weighted by Gasteiger charge is 2.28. The van der Waals surface area contributed by atoms with E-state index in [2.05, 4.69) is 10.6 Å². The van der Waals surface area contributed by atoms with E-state index >= 15 is 0 Å². The number of benzene rings is 2. The van der Waals surface area contributed by atoms with Crippen LogP contribution in [-0.2, 0) is 22.4 Å². The lowest BCUT2D eigenvalue weighted by atomic mass is 9.89. The Labute approximate surface area is 226 Å². The van der Waals surface area contributed by atoms with Crippen molar-refractivity contribution in [2.24, 2.45) is 0 Å². The second kappa shape index (κ2) is 15.1. The van der Waals surface area contributed by atoms with Crippen molar-refractivity contribution in [1.29, 1.82) is 0 Å². The SMILES string of the molecule is CCOc1ccc(CC(=O)N[C@H]2CCCC[C@H]2NC(=O)Cc2ccc(OCC)c(OCC)c2)cc1OCC. The van der Waals surface area contributed by atoms with Crippen LogP contribution in [0.4, 0.5) is 0 Å². The van der Waals surface area contributed by atoms with E-state index in [0.717, 1.165) is 36.8 Å². The summed E-state index contributed by atoms with van der Waals surface area (Å²) in [5.41, 5.74) is 1.71. The number of hydrogen-bond donors (Lipinski definition) is 2. The summed E-state index contributed by atoms with van der Waals surface area (Å²) >= 11 is 0. The molecule has 0 saturated heterocycles. The molecule has 0 aromatic heterocycles. The smallest absolute Gasteiger partial charge is 0.224 e. The van der Waals surface area contributed by atoms with Gasteiger partial charge in [0.25, 0.3) is 0 Å². The normalized spacial score (nSPS) is 16.8. The number of hydrogen-bond acceptors (Lipinski definition) is 6. The van der Waals surface area contributed by atoms with Gasteiger partial charge in [0.2, 0.25) is 11.8 Å². The van der Waals surface area contributed by atoms with E-state index in [0.29, 0.717) is 49.4 Å². The van der Waals surface area contributed by atoms with Crippen molar-refractivity contribution in [3.05, 3.63) is 47.5 Å². The maximum atomic E-state index is 12.9. The van der Waals surface area contributed by atoms with E-state index in [1.54, 1.807) is 0 Å². The Kier molecular flexibility index (Phi) is 11.6. The number of rotatable bonds is 14. The minimum Gasteiger partial charge on any atom is -0.490 e. The third-order valence-electron chi connectivity index (χ3n) is 6.40. The van der Waals surface area contributed by atoms with E-state index < -0.39 is 0 Å². The van der Waals surface area contributed by atoms with Gasteiger partial charge in [-0.15, -0.1) is 0 Å². The molecular weight excluding hydrogens is 484 g/mol. The zero-order valence-corrected chi connectivity index (χ0v) is 23.1. The molecular formula is C30H42N2O6. The molecule has 208 valence electrons. The largest absolute Gasteiger partial charge is 0.490 e. The summed E-state index contributed by atoms with van der Waals surface area (Å²) in [5.74, 6) is 2.49. The molecule has 8 nitrogen and oxygen atoms in total. The zero-order valence-electron chi connectivity index (χ0n) is 23.1. The molecule has 2 amide bonds. The van der Waals surface area contributed by atoms with E-state index in [9.17, 15) is 9.59 Å². The predicted octanol–water partition coefficient (Wildman–Crippen LogP) is 4.61. The van der Waals surface area contributed by atoms with Crippen molar-refractivity contribution in [3.8, 4) is 23.0 Å². The summed E-state index contributed by atoms with van der Waals surface area (Å²) in [6.07, 6.45) is 4.17. The lowest BCUT2D eigenvalue weighted by molar-refractivity contribution is -0.124. The van der Waals surface area contributed by atoms with Gasteiger partial charge >= 0.3 is 0 Å². The molecule has 0 aliphatic heterocycles. The van der Waals surface area contributed by atoms with E-state index in [1.165, 1.54) is 0 Å². The van der Waals surface area contributed by atoms with Crippen LogP contribution in [0.2, 0.25) is 0 Å². The van der Waals surface area contributed by atoms with Crippen LogP contribution < -0.4 is 29.6 Å². The first-order valence-corrected chi connectivity index (χ1v) is 13.8. The van der Waals surface area contributed by atoms with Gasteiger partial charge in [-0.2, -0.15) is 0 Å². The molecule has 0 heterocycles. The molecule has 0 unspecified atom stereocenters. The van der Waals surface area contributed by atoms with Crippen LogP contribution in [0.1, 0.15) is 64.5 Å². The number of amides is 2. The molecule has 0 spiro atoms. The van der Waals surface area contributed by atoms with Crippen molar-refractivity contribution in [1.82, 2.24) is 10.6 Å². The average Bonchev–Trinajstić information content (AvgIpc) is 2.89. The standard InChI is InChI=1S/C30H42N2O6/c1-5-35-25-15-13-21(17-27(25)37-7-3)19-29(33)31-23-11-9-10-12-24(23)32-30(34)20-22-14-16-26(36-6-2)28(18-22)38-8-4/h13-18,23-24H,5-12,19-20H2,1-4H3,(H,31,33)(H,32,34)/t23-,24+. The van der Waals surface area contributed by atoms with Gasteiger partial charge in [0, 0.05) is 12.1 Å². The first-order chi connectivity index (χ1) is 18.5. The van der Waals surface area contributed by atoms with Gasteiger partial charge in [0.05, 0.1) is 39.3 Å². The van der Waals surface area contributed by atoms with Crippen molar-refractivity contribution in [2.75, 3.05) is 26.4 Å². The van der Waals surface area contributed by atoms with Crippen LogP contribution in [0.5, 0.6) is 23.0 Å². The van der Waals surface area contributed by atoms with Crippen molar-refractivity contribution in [3.63, 3.8) is 0 Å². The highest BCUT2D eigenvalue weighted by molar-refractivity contribution is 5.80. The molecule has 2 atom stereocenters. The molecule has 1 saturated carbocycles. The topological polar surface area (TPSA) is 95.1 Å². The zero-order chi connectivity index (χ0) is 27.3. The minimum absolute atomic E-state index is 0.0735. The molecule has 2 N–H and O–H groups in total. The van der Waals surface area contributed by atoms with Gasteiger partial charge in [-0.05, 0) is 75.9 Å². The number of nitrogens with one attached hydrogen (secondary N) is 2. The summed E-state index contributed by atoms with van der Waals surface area (Å²) in [5, 5.41) is 6.33. The van der Waals surface area contributed by atoms with Crippen molar-refractivity contribution >= 4 is 11.8 Å². The monoisotopic (exact) mass is 526 g/mol. The fourth-order valence-corrected chi connectivity index (χ4v) is 4.77. The van der Waals surface area contributed by atoms with Gasteiger partial charge < -0.3 is 29.6 Å². The quantitative estimate of drug-likeness (QED) is 0.373. The first-order valence-electron chi connectivity index (χ1n) is 13.8. The first kappa shape index (κ1) is 29.1. The molecule has 3 rings (SSSR count). The Morgan fingerprint density at radius 2 is 1.00 bits per heavy atom. The van der Waals surface area contributed by atoms with Gasteiger partial charge in [-0.3, -0.25) is 9.59 Å². The third kappa shape index (κ3) is 8.57. The molecule has 38 heavy (non-hydrogen) atoms. The van der Waals surface area contributed by atoms with Crippen LogP contribution in [0.25, 0.3) is 0 Å². The molecule has 2 aromatic carbocycles. The molecule has 0 radical (unpaired) electrons. The number of carbonyl (C=O) groups excluding carboxylic acids is 2. The van der Waals surface area contributed by atoms with Crippen molar-refractivity contribution in [2.45, 2.75) is 78.3 Å². The minimum atomic E-state index is -0.103. The van der Waals surface area contributed by atoms with E-state index in [4.69, 9.17) is 18.9 Å². The van der Waals surface area contributed by atoms with Gasteiger partial charge in [-0.1, -0.05) is 25.0 Å². The summed E-state index contributed by atoms with van der Waals surface area (Å²) in [7, 11) is 0. The Morgan fingerprint density at radius 1 is 0.632 bits per heavy atom. The maximum Gasteiger partial charge on any atom is 0.224 e. The number of carbonyl (C=O) groups is 2. The highest BCUT2D eigenvalue weighted by Crippen LogP contribution is 2.30. The van der Waals surface area contributed by atoms with Crippen LogP contribution in [0.3, 0.4) is 0 Å². The third-order valence-corrected chi connectivity index (χ3v) is 6.40. The Morgan fingerprint density at radius 3 is 1.37 bits per heavy atom. The molecule has 1 aliphatic carbocycles. The van der Waals surface area contributed by atoms with Gasteiger partial charge in [-0.25, -0.2) is 0 Å². The van der Waals surface area contributed by atoms with Crippen LogP contribution in [0.15, 0.2) is 36.4 Å². The van der Waals surface area contributed by atoms with Crippen LogP contribution in [0, 0.1) is 0 Å². The second-order valence-corrected chi connectivity index (χ2v) is 9.28. The Hall–Kier alpha value is -3.42. The maximum absolute atomic E-state index is 12.9.